The molecule has 8 heteroatoms. The van der Waals surface area contributed by atoms with E-state index in [1.807, 2.05) is 34.2 Å². The summed E-state index contributed by atoms with van der Waals surface area (Å²) >= 11 is 0. The van der Waals surface area contributed by atoms with Crippen LogP contribution in [0.25, 0.3) is 11.0 Å². The Bertz CT molecular complexity index is 1350. The SMILES string of the molecule is O=C(c1cn(CC2CCC(c3ccc(C(=O)N4C[C@@H]5C[C@H]4CO5)cc3)CC2)c2cccnc12)N1CCOCC1. The van der Waals surface area contributed by atoms with Crippen LogP contribution in [-0.2, 0) is 16.0 Å². The van der Waals surface area contributed by atoms with Gasteiger partial charge in [0, 0.05) is 44.1 Å². The number of pyridine rings is 1. The molecular formula is C31H36N4O4. The highest BCUT2D eigenvalue weighted by atomic mass is 16.5. The van der Waals surface area contributed by atoms with Crippen molar-refractivity contribution >= 4 is 22.8 Å². The summed E-state index contributed by atoms with van der Waals surface area (Å²) in [5.41, 5.74) is 4.66. The summed E-state index contributed by atoms with van der Waals surface area (Å²) in [6.45, 7) is 4.75. The third-order valence-electron chi connectivity index (χ3n) is 9.26. The molecular weight excluding hydrogens is 492 g/mol. The van der Waals surface area contributed by atoms with Crippen LogP contribution in [0.2, 0.25) is 0 Å². The Morgan fingerprint density at radius 2 is 1.77 bits per heavy atom. The number of nitrogens with zero attached hydrogens (tertiary/aromatic N) is 4. The predicted molar refractivity (Wildman–Crippen MR) is 147 cm³/mol. The maximum atomic E-state index is 13.3. The molecule has 1 aromatic carbocycles. The van der Waals surface area contributed by atoms with E-state index in [-0.39, 0.29) is 24.0 Å². The van der Waals surface area contributed by atoms with E-state index in [1.165, 1.54) is 5.56 Å². The molecule has 8 nitrogen and oxygen atoms in total. The van der Waals surface area contributed by atoms with Crippen LogP contribution in [0.4, 0.5) is 0 Å². The Kier molecular flexibility index (Phi) is 6.60. The van der Waals surface area contributed by atoms with Crippen LogP contribution in [0.5, 0.6) is 0 Å². The lowest BCUT2D eigenvalue weighted by molar-refractivity contribution is 0.0259. The van der Waals surface area contributed by atoms with E-state index >= 15 is 0 Å². The summed E-state index contributed by atoms with van der Waals surface area (Å²) in [6.07, 6.45) is 9.58. The number of carbonyl (C=O) groups excluding carboxylic acids is 2. The zero-order valence-electron chi connectivity index (χ0n) is 22.3. The summed E-state index contributed by atoms with van der Waals surface area (Å²) in [5, 5.41) is 0. The number of carbonyl (C=O) groups is 2. The van der Waals surface area contributed by atoms with E-state index in [1.54, 1.807) is 6.20 Å². The van der Waals surface area contributed by atoms with Crippen molar-refractivity contribution in [2.45, 2.75) is 56.7 Å². The van der Waals surface area contributed by atoms with E-state index in [2.05, 4.69) is 27.8 Å². The van der Waals surface area contributed by atoms with Crippen LogP contribution in [-0.4, -0.2) is 82.8 Å². The van der Waals surface area contributed by atoms with Gasteiger partial charge < -0.3 is 23.8 Å². The molecule has 204 valence electrons. The predicted octanol–water partition coefficient (Wildman–Crippen LogP) is 4.10. The average molecular weight is 529 g/mol. The number of hydrogen-bond acceptors (Lipinski definition) is 5. The zero-order valence-corrected chi connectivity index (χ0v) is 22.3. The third-order valence-corrected chi connectivity index (χ3v) is 9.26. The fourth-order valence-electron chi connectivity index (χ4n) is 7.04. The van der Waals surface area contributed by atoms with Gasteiger partial charge in [-0.1, -0.05) is 12.1 Å². The molecule has 3 saturated heterocycles. The quantitative estimate of drug-likeness (QED) is 0.499. The van der Waals surface area contributed by atoms with Gasteiger partial charge in [-0.25, -0.2) is 0 Å². The molecule has 0 N–H and O–H groups in total. The minimum atomic E-state index is 0.0527. The highest BCUT2D eigenvalue weighted by Crippen LogP contribution is 2.37. The first-order chi connectivity index (χ1) is 19.1. The van der Waals surface area contributed by atoms with Gasteiger partial charge in [-0.2, -0.15) is 0 Å². The van der Waals surface area contributed by atoms with Crippen molar-refractivity contribution in [2.24, 2.45) is 5.92 Å². The van der Waals surface area contributed by atoms with Gasteiger partial charge in [0.25, 0.3) is 11.8 Å². The molecule has 3 aliphatic heterocycles. The molecule has 1 aliphatic carbocycles. The molecule has 2 aromatic heterocycles. The number of rotatable bonds is 5. The second-order valence-corrected chi connectivity index (χ2v) is 11.6. The van der Waals surface area contributed by atoms with Crippen LogP contribution in [0, 0.1) is 5.92 Å². The highest BCUT2D eigenvalue weighted by Gasteiger charge is 2.41. The summed E-state index contributed by atoms with van der Waals surface area (Å²) in [6, 6.07) is 12.6. The monoisotopic (exact) mass is 528 g/mol. The lowest BCUT2D eigenvalue weighted by Crippen LogP contribution is -2.41. The second kappa shape index (κ2) is 10.4. The molecule has 2 amide bonds. The molecule has 7 rings (SSSR count). The smallest absolute Gasteiger partial charge is 0.257 e. The lowest BCUT2D eigenvalue weighted by Gasteiger charge is -2.30. The summed E-state index contributed by atoms with van der Waals surface area (Å²) in [4.78, 5) is 34.7. The average Bonchev–Trinajstić information content (AvgIpc) is 3.73. The number of benzene rings is 1. The first-order valence-corrected chi connectivity index (χ1v) is 14.5. The molecule has 0 spiro atoms. The van der Waals surface area contributed by atoms with Crippen molar-refractivity contribution in [2.75, 3.05) is 39.5 Å². The first kappa shape index (κ1) is 24.8. The van der Waals surface area contributed by atoms with Gasteiger partial charge >= 0.3 is 0 Å². The van der Waals surface area contributed by atoms with Crippen molar-refractivity contribution in [3.8, 4) is 0 Å². The van der Waals surface area contributed by atoms with E-state index < -0.39 is 0 Å². The Morgan fingerprint density at radius 3 is 2.49 bits per heavy atom. The molecule has 0 radical (unpaired) electrons. The van der Waals surface area contributed by atoms with Gasteiger partial charge in [-0.05, 0) is 73.8 Å². The lowest BCUT2D eigenvalue weighted by atomic mass is 9.78. The number of aromatic nitrogens is 2. The van der Waals surface area contributed by atoms with Crippen LogP contribution in [0.15, 0.2) is 48.8 Å². The molecule has 5 heterocycles. The molecule has 1 saturated carbocycles. The topological polar surface area (TPSA) is 76.9 Å². The molecule has 4 aliphatic rings. The van der Waals surface area contributed by atoms with E-state index in [9.17, 15) is 9.59 Å². The van der Waals surface area contributed by atoms with Gasteiger partial charge in [0.1, 0.15) is 5.52 Å². The van der Waals surface area contributed by atoms with Crippen molar-refractivity contribution in [3.63, 3.8) is 0 Å². The van der Waals surface area contributed by atoms with Gasteiger partial charge in [0.05, 0.1) is 43.0 Å². The number of morpholine rings is 2. The number of ether oxygens (including phenoxy) is 2. The van der Waals surface area contributed by atoms with Crippen LogP contribution in [0.3, 0.4) is 0 Å². The summed E-state index contributed by atoms with van der Waals surface area (Å²) in [5.74, 6) is 1.29. The van der Waals surface area contributed by atoms with Crippen molar-refractivity contribution < 1.29 is 19.1 Å². The minimum Gasteiger partial charge on any atom is -0.378 e. The van der Waals surface area contributed by atoms with Crippen LogP contribution < -0.4 is 0 Å². The molecule has 0 unspecified atom stereocenters. The highest BCUT2D eigenvalue weighted by molar-refractivity contribution is 6.05. The van der Waals surface area contributed by atoms with Crippen LogP contribution >= 0.6 is 0 Å². The molecule has 2 atom stereocenters. The minimum absolute atomic E-state index is 0.0527. The number of likely N-dealkylation sites (tertiary alicyclic amines) is 1. The number of amides is 2. The van der Waals surface area contributed by atoms with Gasteiger partial charge in [-0.15, -0.1) is 0 Å². The number of hydrogen-bond donors (Lipinski definition) is 0. The summed E-state index contributed by atoms with van der Waals surface area (Å²) in [7, 11) is 0. The second-order valence-electron chi connectivity index (χ2n) is 11.6. The molecule has 3 aromatic rings. The Balaban J connectivity index is 0.990. The Morgan fingerprint density at radius 1 is 0.974 bits per heavy atom. The largest absolute Gasteiger partial charge is 0.378 e. The Labute approximate surface area is 228 Å². The Hall–Kier alpha value is -3.23. The van der Waals surface area contributed by atoms with Crippen molar-refractivity contribution in [3.05, 3.63) is 65.5 Å². The van der Waals surface area contributed by atoms with E-state index in [0.717, 1.165) is 61.8 Å². The van der Waals surface area contributed by atoms with E-state index in [4.69, 9.17) is 9.47 Å². The standard InChI is InChI=1S/C31H36N4O4/c36-30(35-18-26-16-25(35)20-39-26)24-9-7-23(8-10-24)22-5-3-21(4-6-22)17-34-19-27(29-28(34)2-1-11-32-29)31(37)33-12-14-38-15-13-33/h1-2,7-11,19,21-22,25-26H,3-6,12-18,20H2/t21?,22?,25-,26-/m0/s1. The molecule has 39 heavy (non-hydrogen) atoms. The number of fused-ring (bicyclic) bond motifs is 3. The first-order valence-electron chi connectivity index (χ1n) is 14.5. The third kappa shape index (κ3) is 4.74. The normalized spacial score (nSPS) is 26.9. The fourth-order valence-corrected chi connectivity index (χ4v) is 7.04. The molecule has 2 bridgehead atoms. The fraction of sp³-hybridized carbons (Fsp3) is 0.516. The maximum absolute atomic E-state index is 13.3. The molecule has 4 fully saturated rings. The maximum Gasteiger partial charge on any atom is 0.257 e. The van der Waals surface area contributed by atoms with Gasteiger partial charge in [0.15, 0.2) is 0 Å². The zero-order chi connectivity index (χ0) is 26.3. The summed E-state index contributed by atoms with van der Waals surface area (Å²) < 4.78 is 13.3. The van der Waals surface area contributed by atoms with E-state index in [0.29, 0.717) is 50.3 Å². The van der Waals surface area contributed by atoms with Crippen molar-refractivity contribution in [1.29, 1.82) is 0 Å². The van der Waals surface area contributed by atoms with Crippen LogP contribution in [0.1, 0.15) is 64.3 Å². The van der Waals surface area contributed by atoms with Gasteiger partial charge in [0.2, 0.25) is 0 Å². The van der Waals surface area contributed by atoms with Crippen molar-refractivity contribution in [1.82, 2.24) is 19.4 Å². The van der Waals surface area contributed by atoms with Gasteiger partial charge in [-0.3, -0.25) is 14.6 Å².